The lowest BCUT2D eigenvalue weighted by atomic mass is 9.90. The van der Waals surface area contributed by atoms with Gasteiger partial charge >= 0.3 is 0 Å². The SMILES string of the molecule is Nc1c(OCC2CCCCC2)nc[nH]c1=O. The van der Waals surface area contributed by atoms with E-state index in [2.05, 4.69) is 9.97 Å². The van der Waals surface area contributed by atoms with E-state index < -0.39 is 0 Å². The molecule has 5 heteroatoms. The summed E-state index contributed by atoms with van der Waals surface area (Å²) in [6.45, 7) is 0.612. The van der Waals surface area contributed by atoms with Crippen LogP contribution < -0.4 is 16.0 Å². The molecule has 1 aromatic heterocycles. The Bertz CT molecular complexity index is 396. The molecule has 0 bridgehead atoms. The van der Waals surface area contributed by atoms with Gasteiger partial charge in [0.25, 0.3) is 5.56 Å². The summed E-state index contributed by atoms with van der Waals surface area (Å²) in [5.41, 5.74) is 5.30. The number of nitrogens with two attached hydrogens (primary N) is 1. The third kappa shape index (κ3) is 2.53. The molecule has 1 fully saturated rings. The molecular weight excluding hydrogens is 206 g/mol. The third-order valence-electron chi connectivity index (χ3n) is 3.03. The zero-order valence-corrected chi connectivity index (χ0v) is 9.24. The van der Waals surface area contributed by atoms with Crippen LogP contribution >= 0.6 is 0 Å². The van der Waals surface area contributed by atoms with Gasteiger partial charge < -0.3 is 15.5 Å². The summed E-state index contributed by atoms with van der Waals surface area (Å²) >= 11 is 0. The van der Waals surface area contributed by atoms with Crippen molar-refractivity contribution in [2.24, 2.45) is 5.92 Å². The molecular formula is C11H17N3O2. The van der Waals surface area contributed by atoms with Crippen molar-refractivity contribution < 1.29 is 4.74 Å². The smallest absolute Gasteiger partial charge is 0.277 e. The summed E-state index contributed by atoms with van der Waals surface area (Å²) in [5.74, 6) is 0.837. The van der Waals surface area contributed by atoms with Crippen LogP contribution in [0.5, 0.6) is 5.88 Å². The van der Waals surface area contributed by atoms with Gasteiger partial charge in [-0.05, 0) is 18.8 Å². The van der Waals surface area contributed by atoms with Crippen LogP contribution in [-0.2, 0) is 0 Å². The molecule has 0 radical (unpaired) electrons. The Morgan fingerprint density at radius 2 is 2.19 bits per heavy atom. The van der Waals surface area contributed by atoms with E-state index in [1.165, 1.54) is 38.4 Å². The molecule has 16 heavy (non-hydrogen) atoms. The summed E-state index contributed by atoms with van der Waals surface area (Å²) in [7, 11) is 0. The van der Waals surface area contributed by atoms with E-state index in [1.54, 1.807) is 0 Å². The quantitative estimate of drug-likeness (QED) is 0.809. The summed E-state index contributed by atoms with van der Waals surface area (Å²) in [6.07, 6.45) is 7.57. The minimum absolute atomic E-state index is 0.0679. The number of H-pyrrole nitrogens is 1. The van der Waals surface area contributed by atoms with Crippen LogP contribution in [0, 0.1) is 5.92 Å². The van der Waals surface area contributed by atoms with Gasteiger partial charge in [0.05, 0.1) is 12.9 Å². The van der Waals surface area contributed by atoms with Crippen molar-refractivity contribution in [1.29, 1.82) is 0 Å². The van der Waals surface area contributed by atoms with Gasteiger partial charge in [-0.25, -0.2) is 4.98 Å². The minimum Gasteiger partial charge on any atom is -0.476 e. The molecule has 5 nitrogen and oxygen atoms in total. The Morgan fingerprint density at radius 3 is 2.94 bits per heavy atom. The minimum atomic E-state index is -0.339. The molecule has 3 N–H and O–H groups in total. The van der Waals surface area contributed by atoms with Crippen molar-refractivity contribution >= 4 is 5.69 Å². The van der Waals surface area contributed by atoms with Crippen molar-refractivity contribution in [1.82, 2.24) is 9.97 Å². The molecule has 1 saturated carbocycles. The van der Waals surface area contributed by atoms with Gasteiger partial charge in [-0.15, -0.1) is 0 Å². The highest BCUT2D eigenvalue weighted by Crippen LogP contribution is 2.24. The number of hydrogen-bond donors (Lipinski definition) is 2. The molecule has 1 aliphatic rings. The lowest BCUT2D eigenvalue weighted by Gasteiger charge is -2.21. The fourth-order valence-electron chi connectivity index (χ4n) is 2.06. The van der Waals surface area contributed by atoms with Crippen molar-refractivity contribution in [3.05, 3.63) is 16.7 Å². The van der Waals surface area contributed by atoms with Crippen LogP contribution in [-0.4, -0.2) is 16.6 Å². The van der Waals surface area contributed by atoms with E-state index in [0.717, 1.165) is 0 Å². The van der Waals surface area contributed by atoms with Crippen LogP contribution in [0.1, 0.15) is 32.1 Å². The first-order valence-electron chi connectivity index (χ1n) is 5.73. The predicted molar refractivity (Wildman–Crippen MR) is 61.3 cm³/mol. The van der Waals surface area contributed by atoms with Crippen molar-refractivity contribution in [2.75, 3.05) is 12.3 Å². The zero-order valence-electron chi connectivity index (χ0n) is 9.24. The molecule has 0 amide bonds. The van der Waals surface area contributed by atoms with Crippen LogP contribution in [0.2, 0.25) is 0 Å². The van der Waals surface area contributed by atoms with Crippen LogP contribution in [0.3, 0.4) is 0 Å². The molecule has 0 atom stereocenters. The number of aromatic amines is 1. The molecule has 0 saturated heterocycles. The molecule has 0 unspecified atom stereocenters. The molecule has 0 aromatic carbocycles. The van der Waals surface area contributed by atoms with E-state index in [0.29, 0.717) is 12.5 Å². The fourth-order valence-corrected chi connectivity index (χ4v) is 2.06. The van der Waals surface area contributed by atoms with Gasteiger partial charge in [-0.1, -0.05) is 19.3 Å². The Morgan fingerprint density at radius 1 is 1.44 bits per heavy atom. The van der Waals surface area contributed by atoms with Crippen molar-refractivity contribution in [2.45, 2.75) is 32.1 Å². The van der Waals surface area contributed by atoms with Crippen molar-refractivity contribution in [3.63, 3.8) is 0 Å². The summed E-state index contributed by atoms with van der Waals surface area (Å²) in [5, 5.41) is 0. The lowest BCUT2D eigenvalue weighted by Crippen LogP contribution is -2.19. The van der Waals surface area contributed by atoms with Crippen LogP contribution in [0.15, 0.2) is 11.1 Å². The Hall–Kier alpha value is -1.52. The van der Waals surface area contributed by atoms with Gasteiger partial charge in [0.1, 0.15) is 0 Å². The van der Waals surface area contributed by atoms with E-state index >= 15 is 0 Å². The van der Waals surface area contributed by atoms with Gasteiger partial charge in [0.15, 0.2) is 5.69 Å². The van der Waals surface area contributed by atoms with Crippen LogP contribution in [0.25, 0.3) is 0 Å². The standard InChI is InChI=1S/C11H17N3O2/c12-9-10(15)13-7-14-11(9)16-6-8-4-2-1-3-5-8/h7-8H,1-6,12H2,(H,13,14,15). The first kappa shape index (κ1) is 11.0. The third-order valence-corrected chi connectivity index (χ3v) is 3.03. The molecule has 1 heterocycles. The van der Waals surface area contributed by atoms with E-state index in [4.69, 9.17) is 10.5 Å². The van der Waals surface area contributed by atoms with Gasteiger partial charge in [-0.3, -0.25) is 4.79 Å². The molecule has 0 aliphatic heterocycles. The second-order valence-electron chi connectivity index (χ2n) is 4.27. The number of ether oxygens (including phenoxy) is 1. The van der Waals surface area contributed by atoms with E-state index in [-0.39, 0.29) is 17.1 Å². The average molecular weight is 223 g/mol. The maximum atomic E-state index is 11.2. The van der Waals surface area contributed by atoms with Crippen LogP contribution in [0.4, 0.5) is 5.69 Å². The summed E-state index contributed by atoms with van der Waals surface area (Å²) in [4.78, 5) is 17.5. The molecule has 2 rings (SSSR count). The highest BCUT2D eigenvalue weighted by Gasteiger charge is 2.15. The normalized spacial score (nSPS) is 17.2. The number of nitrogens with one attached hydrogen (secondary N) is 1. The summed E-state index contributed by atoms with van der Waals surface area (Å²) < 4.78 is 5.50. The first-order chi connectivity index (χ1) is 7.77. The summed E-state index contributed by atoms with van der Waals surface area (Å²) in [6, 6.07) is 0. The number of hydrogen-bond acceptors (Lipinski definition) is 4. The Balaban J connectivity index is 1.93. The maximum absolute atomic E-state index is 11.2. The fraction of sp³-hybridized carbons (Fsp3) is 0.636. The highest BCUT2D eigenvalue weighted by atomic mass is 16.5. The van der Waals surface area contributed by atoms with Gasteiger partial charge in [0, 0.05) is 0 Å². The molecule has 0 spiro atoms. The number of nitrogens with zero attached hydrogens (tertiary/aromatic N) is 1. The number of nitrogen functional groups attached to an aromatic ring is 1. The zero-order chi connectivity index (χ0) is 11.4. The van der Waals surface area contributed by atoms with E-state index in [1.807, 2.05) is 0 Å². The monoisotopic (exact) mass is 223 g/mol. The van der Waals surface area contributed by atoms with Gasteiger partial charge in [-0.2, -0.15) is 0 Å². The number of aromatic nitrogens is 2. The first-order valence-corrected chi connectivity index (χ1v) is 5.73. The molecule has 88 valence electrons. The van der Waals surface area contributed by atoms with Gasteiger partial charge in [0.2, 0.25) is 5.88 Å². The van der Waals surface area contributed by atoms with E-state index in [9.17, 15) is 4.79 Å². The molecule has 1 aromatic rings. The molecule has 1 aliphatic carbocycles. The number of rotatable bonds is 3. The number of anilines is 1. The predicted octanol–water partition coefficient (Wildman–Crippen LogP) is 1.31. The Labute approximate surface area is 94.0 Å². The topological polar surface area (TPSA) is 81.0 Å². The second kappa shape index (κ2) is 5.01. The van der Waals surface area contributed by atoms with Crippen molar-refractivity contribution in [3.8, 4) is 5.88 Å². The lowest BCUT2D eigenvalue weighted by molar-refractivity contribution is 0.203. The Kier molecular flexibility index (Phi) is 3.44. The second-order valence-corrected chi connectivity index (χ2v) is 4.27. The largest absolute Gasteiger partial charge is 0.476 e. The highest BCUT2D eigenvalue weighted by molar-refractivity contribution is 5.44. The average Bonchev–Trinajstić information content (AvgIpc) is 2.32. The maximum Gasteiger partial charge on any atom is 0.277 e.